The van der Waals surface area contributed by atoms with E-state index in [1.54, 1.807) is 10.4 Å². The summed E-state index contributed by atoms with van der Waals surface area (Å²) in [6.45, 7) is 0. The Bertz CT molecular complexity index is 55.9. The van der Waals surface area contributed by atoms with Crippen LogP contribution in [0.3, 0.4) is 0 Å². The quantitative estimate of drug-likeness (QED) is 0.447. The highest BCUT2D eigenvalue weighted by atomic mass is 79.9. The molecular formula is C4H5BrS. The number of halogens is 1. The third kappa shape index (κ3) is 4.31. The van der Waals surface area contributed by atoms with E-state index in [0.29, 0.717) is 0 Å². The van der Waals surface area contributed by atoms with Crippen molar-refractivity contribution in [2.45, 2.75) is 0 Å². The zero-order chi connectivity index (χ0) is 4.83. The Balaban J connectivity index is 3.07. The van der Waals surface area contributed by atoms with Gasteiger partial charge >= 0.3 is 0 Å². The van der Waals surface area contributed by atoms with E-state index in [2.05, 4.69) is 28.6 Å². The molecule has 0 aliphatic heterocycles. The van der Waals surface area contributed by atoms with Crippen molar-refractivity contribution >= 4 is 28.6 Å². The topological polar surface area (TPSA) is 0 Å². The molecule has 2 heteroatoms. The average molecular weight is 165 g/mol. The summed E-state index contributed by atoms with van der Waals surface area (Å²) in [5, 5.41) is 1.66. The van der Waals surface area contributed by atoms with Gasteiger partial charge in [-0.2, -0.15) is 12.6 Å². The monoisotopic (exact) mass is 164 g/mol. The highest BCUT2D eigenvalue weighted by Gasteiger charge is 1.50. The van der Waals surface area contributed by atoms with Crippen LogP contribution in [0.2, 0.25) is 0 Å². The van der Waals surface area contributed by atoms with Gasteiger partial charge < -0.3 is 0 Å². The van der Waals surface area contributed by atoms with Crippen molar-refractivity contribution in [1.82, 2.24) is 0 Å². The molecule has 0 saturated heterocycles. The minimum atomic E-state index is 1.66. The standard InChI is InChI=1S/C4H5BrS/c5-3-1-2-4-6/h1-4,6H/b3-1+,4-2+. The molecule has 0 nitrogen and oxygen atoms in total. The molecule has 0 atom stereocenters. The van der Waals surface area contributed by atoms with Crippen LogP contribution in [0.4, 0.5) is 0 Å². The van der Waals surface area contributed by atoms with Crippen molar-refractivity contribution < 1.29 is 0 Å². The normalized spacial score (nSPS) is 11.7. The van der Waals surface area contributed by atoms with Crippen molar-refractivity contribution in [2.75, 3.05) is 0 Å². The molecule has 0 aromatic heterocycles. The van der Waals surface area contributed by atoms with Crippen LogP contribution in [0.25, 0.3) is 0 Å². The largest absolute Gasteiger partial charge is 0.151 e. The first-order valence-electron chi connectivity index (χ1n) is 1.48. The van der Waals surface area contributed by atoms with Crippen molar-refractivity contribution in [3.63, 3.8) is 0 Å². The van der Waals surface area contributed by atoms with Gasteiger partial charge in [0.25, 0.3) is 0 Å². The Morgan fingerprint density at radius 1 is 1.33 bits per heavy atom. The lowest BCUT2D eigenvalue weighted by Gasteiger charge is -1.60. The maximum absolute atomic E-state index is 3.80. The molecule has 0 aromatic rings. The van der Waals surface area contributed by atoms with Gasteiger partial charge in [-0.25, -0.2) is 0 Å². The summed E-state index contributed by atoms with van der Waals surface area (Å²) in [5.74, 6) is 0. The Kier molecular flexibility index (Phi) is 5.58. The van der Waals surface area contributed by atoms with E-state index < -0.39 is 0 Å². The van der Waals surface area contributed by atoms with E-state index in [4.69, 9.17) is 0 Å². The number of hydrogen-bond donors (Lipinski definition) is 1. The lowest BCUT2D eigenvalue weighted by molar-refractivity contribution is 2.11. The van der Waals surface area contributed by atoms with Crippen LogP contribution in [0, 0.1) is 0 Å². The fraction of sp³-hybridized carbons (Fsp3) is 0. The lowest BCUT2D eigenvalue weighted by Crippen LogP contribution is -1.34. The average Bonchev–Trinajstić information content (AvgIpc) is 1.61. The molecule has 34 valence electrons. The molecule has 0 radical (unpaired) electrons. The van der Waals surface area contributed by atoms with Gasteiger partial charge in [0, 0.05) is 0 Å². The third-order valence-corrected chi connectivity index (χ3v) is 0.747. The van der Waals surface area contributed by atoms with E-state index in [0.717, 1.165) is 0 Å². The van der Waals surface area contributed by atoms with Crippen LogP contribution in [-0.4, -0.2) is 0 Å². The molecule has 0 rings (SSSR count). The van der Waals surface area contributed by atoms with Crippen molar-refractivity contribution in [1.29, 1.82) is 0 Å². The summed E-state index contributed by atoms with van der Waals surface area (Å²) in [6, 6.07) is 0. The van der Waals surface area contributed by atoms with Crippen LogP contribution in [-0.2, 0) is 0 Å². The van der Waals surface area contributed by atoms with Crippen LogP contribution < -0.4 is 0 Å². The molecule has 0 aliphatic rings. The van der Waals surface area contributed by atoms with Gasteiger partial charge in [-0.15, -0.1) is 0 Å². The second-order valence-corrected chi connectivity index (χ2v) is 1.49. The van der Waals surface area contributed by atoms with Gasteiger partial charge in [-0.3, -0.25) is 0 Å². The number of rotatable bonds is 1. The molecule has 6 heavy (non-hydrogen) atoms. The molecule has 0 bridgehead atoms. The van der Waals surface area contributed by atoms with Crippen LogP contribution in [0.15, 0.2) is 22.5 Å². The van der Waals surface area contributed by atoms with Gasteiger partial charge in [0.05, 0.1) is 0 Å². The Morgan fingerprint density at radius 2 is 2.00 bits per heavy atom. The zero-order valence-corrected chi connectivity index (χ0v) is 5.62. The lowest BCUT2D eigenvalue weighted by atomic mass is 10.6. The summed E-state index contributed by atoms with van der Waals surface area (Å²) in [4.78, 5) is 1.76. The van der Waals surface area contributed by atoms with E-state index >= 15 is 0 Å². The first kappa shape index (κ1) is 6.31. The summed E-state index contributed by atoms with van der Waals surface area (Å²) >= 11 is 6.89. The van der Waals surface area contributed by atoms with E-state index in [1.165, 1.54) is 0 Å². The fourth-order valence-electron chi connectivity index (χ4n) is 0.0917. The molecule has 0 heterocycles. The van der Waals surface area contributed by atoms with Gasteiger partial charge in [0.15, 0.2) is 0 Å². The minimum Gasteiger partial charge on any atom is -0.151 e. The highest BCUT2D eigenvalue weighted by molar-refractivity contribution is 9.11. The summed E-state index contributed by atoms with van der Waals surface area (Å²) < 4.78 is 0. The number of allylic oxidation sites excluding steroid dienone is 2. The number of thiol groups is 1. The molecule has 0 N–H and O–H groups in total. The second kappa shape index (κ2) is 5.31. The molecular weight excluding hydrogens is 160 g/mol. The predicted octanol–water partition coefficient (Wildman–Crippen LogP) is 2.34. The van der Waals surface area contributed by atoms with E-state index in [1.807, 2.05) is 12.2 Å². The Labute approximate surface area is 51.5 Å². The maximum atomic E-state index is 3.80. The van der Waals surface area contributed by atoms with Gasteiger partial charge in [-0.1, -0.05) is 28.1 Å². The van der Waals surface area contributed by atoms with Crippen molar-refractivity contribution in [3.8, 4) is 0 Å². The summed E-state index contributed by atoms with van der Waals surface area (Å²) in [5.41, 5.74) is 0. The van der Waals surface area contributed by atoms with Gasteiger partial charge in [0.2, 0.25) is 0 Å². The third-order valence-electron chi connectivity index (χ3n) is 0.270. The SMILES string of the molecule is S/C=C/C=C/Br. The summed E-state index contributed by atoms with van der Waals surface area (Å²) in [6.07, 6.45) is 3.66. The summed E-state index contributed by atoms with van der Waals surface area (Å²) in [7, 11) is 0. The molecule has 0 aromatic carbocycles. The highest BCUT2D eigenvalue weighted by Crippen LogP contribution is 1.84. The van der Waals surface area contributed by atoms with Crippen molar-refractivity contribution in [3.05, 3.63) is 22.5 Å². The Hall–Kier alpha value is 0.310. The van der Waals surface area contributed by atoms with Crippen LogP contribution >= 0.6 is 28.6 Å². The van der Waals surface area contributed by atoms with Crippen LogP contribution in [0.5, 0.6) is 0 Å². The van der Waals surface area contributed by atoms with Gasteiger partial charge in [-0.05, 0) is 10.4 Å². The van der Waals surface area contributed by atoms with E-state index in [-0.39, 0.29) is 0 Å². The zero-order valence-electron chi connectivity index (χ0n) is 3.13. The predicted molar refractivity (Wildman–Crippen MR) is 36.2 cm³/mol. The van der Waals surface area contributed by atoms with Gasteiger partial charge in [0.1, 0.15) is 0 Å². The fourth-order valence-corrected chi connectivity index (χ4v) is 0.367. The smallest absolute Gasteiger partial charge is 0.0189 e. The second-order valence-electron chi connectivity index (χ2n) is 0.660. The van der Waals surface area contributed by atoms with Crippen LogP contribution in [0.1, 0.15) is 0 Å². The molecule has 0 amide bonds. The van der Waals surface area contributed by atoms with Crippen molar-refractivity contribution in [2.24, 2.45) is 0 Å². The first-order valence-corrected chi connectivity index (χ1v) is 2.91. The molecule has 0 spiro atoms. The Morgan fingerprint density at radius 3 is 2.17 bits per heavy atom. The molecule has 0 aliphatic carbocycles. The number of hydrogen-bond acceptors (Lipinski definition) is 1. The maximum Gasteiger partial charge on any atom is -0.0189 e. The molecule has 0 unspecified atom stereocenters. The first-order chi connectivity index (χ1) is 2.91. The molecule has 0 fully saturated rings. The van der Waals surface area contributed by atoms with E-state index in [9.17, 15) is 0 Å². The minimum absolute atomic E-state index is 1.66. The molecule has 0 saturated carbocycles.